The number of halogens is 1. The number of nitrogens with zero attached hydrogens (tertiary/aromatic N) is 2. The molecule has 1 aliphatic heterocycles. The molecule has 0 saturated carbocycles. The van der Waals surface area contributed by atoms with Crippen molar-refractivity contribution in [3.8, 4) is 0 Å². The maximum absolute atomic E-state index is 12.6. The van der Waals surface area contributed by atoms with Crippen molar-refractivity contribution in [2.24, 2.45) is 5.92 Å². The van der Waals surface area contributed by atoms with Crippen LogP contribution in [0.2, 0.25) is 5.02 Å². The second-order valence-corrected chi connectivity index (χ2v) is 9.87. The fourth-order valence-corrected chi connectivity index (χ4v) is 4.91. The van der Waals surface area contributed by atoms with Crippen LogP contribution < -0.4 is 10.2 Å². The smallest absolute Gasteiger partial charge is 0.298 e. The van der Waals surface area contributed by atoms with Gasteiger partial charge in [0.25, 0.3) is 11.9 Å². The van der Waals surface area contributed by atoms with Gasteiger partial charge in [-0.2, -0.15) is 4.98 Å². The van der Waals surface area contributed by atoms with Crippen LogP contribution in [-0.4, -0.2) is 35.8 Å². The number of anilines is 1. The van der Waals surface area contributed by atoms with Gasteiger partial charge in [0.2, 0.25) is 0 Å². The molecule has 7 nitrogen and oxygen atoms in total. The number of hydrogen-bond acceptors (Lipinski definition) is 6. The molecule has 0 spiro atoms. The Kier molecular flexibility index (Phi) is 6.15. The van der Waals surface area contributed by atoms with Crippen LogP contribution in [0.4, 0.5) is 6.01 Å². The Morgan fingerprint density at radius 2 is 2.07 bits per heavy atom. The summed E-state index contributed by atoms with van der Waals surface area (Å²) in [5, 5.41) is 4.25. The van der Waals surface area contributed by atoms with Crippen LogP contribution in [0, 0.1) is 10.7 Å². The van der Waals surface area contributed by atoms with Gasteiger partial charge in [-0.1, -0.05) is 25.4 Å². The Bertz CT molecular complexity index is 1070. The number of amides is 1. The number of fused-ring (bicyclic) bond motifs is 1. The molecule has 1 fully saturated rings. The van der Waals surface area contributed by atoms with E-state index in [1.165, 1.54) is 0 Å². The summed E-state index contributed by atoms with van der Waals surface area (Å²) in [5.74, 6) is 1.20. The van der Waals surface area contributed by atoms with Crippen LogP contribution in [0.5, 0.6) is 0 Å². The SMILES string of the molecule is CC(C)CS(=N)c1ccc(C(=O)NC2CCN(c3nc4cc(Cl)ccc4o3)CC2)o1. The topological polar surface area (TPSA) is 95.4 Å². The third kappa shape index (κ3) is 4.70. The summed E-state index contributed by atoms with van der Waals surface area (Å²) in [5.41, 5.74) is 1.46. The van der Waals surface area contributed by atoms with E-state index in [1.54, 1.807) is 24.3 Å². The fraction of sp³-hybridized carbons (Fsp3) is 0.429. The maximum Gasteiger partial charge on any atom is 0.298 e. The molecule has 3 heterocycles. The number of piperidine rings is 1. The number of aromatic nitrogens is 1. The minimum Gasteiger partial charge on any atom is -0.444 e. The van der Waals surface area contributed by atoms with Gasteiger partial charge in [0, 0.05) is 29.9 Å². The summed E-state index contributed by atoms with van der Waals surface area (Å²) >= 11 is 6.02. The average Bonchev–Trinajstić information content (AvgIpc) is 3.35. The highest BCUT2D eigenvalue weighted by atomic mass is 35.5. The van der Waals surface area contributed by atoms with Gasteiger partial charge in [-0.05, 0) is 59.8 Å². The van der Waals surface area contributed by atoms with Crippen molar-refractivity contribution in [3.63, 3.8) is 0 Å². The number of carbonyl (C=O) groups excluding carboxylic acids is 1. The lowest BCUT2D eigenvalue weighted by Crippen LogP contribution is -2.44. The predicted molar refractivity (Wildman–Crippen MR) is 118 cm³/mol. The Morgan fingerprint density at radius 3 is 2.80 bits per heavy atom. The zero-order valence-corrected chi connectivity index (χ0v) is 18.6. The van der Waals surface area contributed by atoms with Gasteiger partial charge in [0.15, 0.2) is 16.4 Å². The van der Waals surface area contributed by atoms with Gasteiger partial charge in [-0.15, -0.1) is 0 Å². The van der Waals surface area contributed by atoms with Gasteiger partial charge in [0.05, 0.1) is 0 Å². The van der Waals surface area contributed by atoms with Crippen molar-refractivity contribution in [1.82, 2.24) is 10.3 Å². The minimum absolute atomic E-state index is 0.0611. The number of furan rings is 1. The van der Waals surface area contributed by atoms with Crippen molar-refractivity contribution >= 4 is 45.3 Å². The molecule has 1 atom stereocenters. The van der Waals surface area contributed by atoms with E-state index in [2.05, 4.69) is 29.0 Å². The van der Waals surface area contributed by atoms with E-state index in [9.17, 15) is 4.79 Å². The molecular weight excluding hydrogens is 424 g/mol. The standard InChI is InChI=1S/C21H25ClN4O3S/c1-13(2)12-30(23)19-6-5-18(28-19)20(27)24-15-7-9-26(10-8-15)21-25-16-11-14(22)3-4-17(16)29-21/h3-6,11,13,15,23H,7-10,12H2,1-2H3,(H,24,27). The molecule has 1 amide bonds. The number of hydrogen-bond donors (Lipinski definition) is 2. The molecule has 2 N–H and O–H groups in total. The molecule has 0 radical (unpaired) electrons. The van der Waals surface area contributed by atoms with Crippen molar-refractivity contribution in [1.29, 1.82) is 4.78 Å². The Labute approximate surface area is 182 Å². The van der Waals surface area contributed by atoms with E-state index in [-0.39, 0.29) is 17.7 Å². The van der Waals surface area contributed by atoms with Crippen molar-refractivity contribution in [3.05, 3.63) is 41.1 Å². The second kappa shape index (κ2) is 8.81. The van der Waals surface area contributed by atoms with E-state index < -0.39 is 10.7 Å². The summed E-state index contributed by atoms with van der Waals surface area (Å²) in [6.07, 6.45) is 1.57. The molecule has 2 aromatic heterocycles. The van der Waals surface area contributed by atoms with Gasteiger partial charge >= 0.3 is 0 Å². The molecule has 160 valence electrons. The Balaban J connectivity index is 1.32. The van der Waals surface area contributed by atoms with Crippen LogP contribution in [0.15, 0.2) is 44.3 Å². The molecule has 4 rings (SSSR count). The van der Waals surface area contributed by atoms with Gasteiger partial charge in [-0.25, -0.2) is 0 Å². The second-order valence-electron chi connectivity index (χ2n) is 7.91. The van der Waals surface area contributed by atoms with Crippen molar-refractivity contribution in [2.45, 2.75) is 37.8 Å². The molecule has 1 unspecified atom stereocenters. The molecule has 1 aliphatic rings. The number of benzene rings is 1. The van der Waals surface area contributed by atoms with Gasteiger partial charge in [-0.3, -0.25) is 9.57 Å². The highest BCUT2D eigenvalue weighted by molar-refractivity contribution is 7.85. The lowest BCUT2D eigenvalue weighted by molar-refractivity contribution is 0.0897. The Morgan fingerprint density at radius 1 is 1.30 bits per heavy atom. The Hall–Kier alpha value is -2.32. The number of rotatable bonds is 6. The number of carbonyl (C=O) groups is 1. The van der Waals surface area contributed by atoms with Gasteiger partial charge in [0.1, 0.15) is 5.52 Å². The molecule has 30 heavy (non-hydrogen) atoms. The van der Waals surface area contributed by atoms with E-state index in [0.29, 0.717) is 27.6 Å². The third-order valence-corrected chi connectivity index (χ3v) is 6.93. The number of oxazole rings is 1. The first-order valence-electron chi connectivity index (χ1n) is 10.0. The van der Waals surface area contributed by atoms with Crippen molar-refractivity contribution in [2.75, 3.05) is 23.7 Å². The minimum atomic E-state index is -0.729. The number of nitrogens with one attached hydrogen (secondary N) is 2. The summed E-state index contributed by atoms with van der Waals surface area (Å²) < 4.78 is 19.7. The monoisotopic (exact) mass is 448 g/mol. The van der Waals surface area contributed by atoms with E-state index in [4.69, 9.17) is 25.2 Å². The summed E-state index contributed by atoms with van der Waals surface area (Å²) in [6.45, 7) is 5.62. The summed E-state index contributed by atoms with van der Waals surface area (Å²) in [7, 11) is -0.729. The van der Waals surface area contributed by atoms with Crippen LogP contribution in [0.25, 0.3) is 11.1 Å². The normalized spacial score (nSPS) is 16.3. The zero-order chi connectivity index (χ0) is 21.3. The predicted octanol–water partition coefficient (Wildman–Crippen LogP) is 4.87. The lowest BCUT2D eigenvalue weighted by atomic mass is 10.1. The molecule has 0 bridgehead atoms. The van der Waals surface area contributed by atoms with Crippen LogP contribution in [0.3, 0.4) is 0 Å². The highest BCUT2D eigenvalue weighted by Gasteiger charge is 2.25. The molecule has 9 heteroatoms. The molecule has 0 aliphatic carbocycles. The zero-order valence-electron chi connectivity index (χ0n) is 17.0. The lowest BCUT2D eigenvalue weighted by Gasteiger charge is -2.31. The quantitative estimate of drug-likeness (QED) is 0.561. The van der Waals surface area contributed by atoms with Gasteiger partial charge < -0.3 is 19.1 Å². The highest BCUT2D eigenvalue weighted by Crippen LogP contribution is 2.26. The van der Waals surface area contributed by atoms with E-state index in [0.717, 1.165) is 37.2 Å². The molecule has 3 aromatic rings. The van der Waals surface area contributed by atoms with Crippen LogP contribution >= 0.6 is 11.6 Å². The fourth-order valence-electron chi connectivity index (χ4n) is 3.49. The first-order chi connectivity index (χ1) is 14.4. The summed E-state index contributed by atoms with van der Waals surface area (Å²) in [4.78, 5) is 19.2. The summed E-state index contributed by atoms with van der Waals surface area (Å²) in [6, 6.07) is 9.45. The average molecular weight is 449 g/mol. The van der Waals surface area contributed by atoms with E-state index in [1.807, 2.05) is 6.07 Å². The molecular formula is C21H25ClN4O3S. The first-order valence-corrected chi connectivity index (χ1v) is 11.8. The first kappa shape index (κ1) is 20.9. The van der Waals surface area contributed by atoms with E-state index >= 15 is 0 Å². The maximum atomic E-state index is 12.6. The van der Waals surface area contributed by atoms with Crippen molar-refractivity contribution < 1.29 is 13.6 Å². The molecule has 1 saturated heterocycles. The molecule has 1 aromatic carbocycles. The van der Waals surface area contributed by atoms with Crippen LogP contribution in [-0.2, 0) is 10.7 Å². The van der Waals surface area contributed by atoms with Crippen LogP contribution in [0.1, 0.15) is 37.2 Å². The third-order valence-electron chi connectivity index (χ3n) is 4.99. The largest absolute Gasteiger partial charge is 0.444 e.